The lowest BCUT2D eigenvalue weighted by Gasteiger charge is -2.26. The van der Waals surface area contributed by atoms with Gasteiger partial charge < -0.3 is 4.90 Å². The normalized spacial score (nSPS) is 11.9. The Morgan fingerprint density at radius 2 is 0.960 bits per heavy atom. The average molecular weight is 660 g/mol. The van der Waals surface area contributed by atoms with Crippen molar-refractivity contribution in [2.45, 2.75) is 26.2 Å². The third kappa shape index (κ3) is 5.16. The van der Waals surface area contributed by atoms with Crippen LogP contribution in [0.1, 0.15) is 26.3 Å². The molecule has 0 unspecified atom stereocenters. The first kappa shape index (κ1) is 30.4. The minimum Gasteiger partial charge on any atom is -0.309 e. The lowest BCUT2D eigenvalue weighted by Crippen LogP contribution is -2.10. The summed E-state index contributed by atoms with van der Waals surface area (Å²) in [7, 11) is 0. The highest BCUT2D eigenvalue weighted by Gasteiger charge is 2.22. The minimum absolute atomic E-state index is 0.0519. The molecule has 0 amide bonds. The summed E-state index contributed by atoms with van der Waals surface area (Å²) >= 11 is 1.92. The topological polar surface area (TPSA) is 3.24 Å². The number of thiophene rings is 1. The van der Waals surface area contributed by atoms with E-state index in [0.717, 1.165) is 11.4 Å². The molecule has 0 radical (unpaired) electrons. The molecule has 0 aliphatic heterocycles. The van der Waals surface area contributed by atoms with E-state index in [1.165, 1.54) is 75.2 Å². The van der Waals surface area contributed by atoms with Crippen LogP contribution in [0.5, 0.6) is 0 Å². The van der Waals surface area contributed by atoms with E-state index >= 15 is 0 Å². The van der Waals surface area contributed by atoms with E-state index in [1.807, 2.05) is 11.3 Å². The van der Waals surface area contributed by atoms with Gasteiger partial charge in [-0.2, -0.15) is 0 Å². The molecule has 0 bridgehead atoms. The molecule has 1 aromatic heterocycles. The van der Waals surface area contributed by atoms with Gasteiger partial charge in [-0.3, -0.25) is 0 Å². The van der Waals surface area contributed by atoms with Crippen LogP contribution < -0.4 is 4.90 Å². The van der Waals surface area contributed by atoms with Crippen LogP contribution in [-0.4, -0.2) is 0 Å². The van der Waals surface area contributed by atoms with Crippen LogP contribution in [0.25, 0.3) is 64.0 Å². The zero-order valence-corrected chi connectivity index (χ0v) is 29.3. The fraction of sp³-hybridized carbons (Fsp3) is 0.0833. The summed E-state index contributed by atoms with van der Waals surface area (Å²) in [5, 5.41) is 7.75. The van der Waals surface area contributed by atoms with Crippen LogP contribution in [0, 0.1) is 0 Å². The molecular weight excluding hydrogens is 623 g/mol. The molecule has 0 fully saturated rings. The zero-order valence-electron chi connectivity index (χ0n) is 28.5. The zero-order chi connectivity index (χ0) is 33.8. The summed E-state index contributed by atoms with van der Waals surface area (Å²) in [6.07, 6.45) is 0. The summed E-state index contributed by atoms with van der Waals surface area (Å²) in [5.41, 5.74) is 9.81. The quantitative estimate of drug-likeness (QED) is 0.166. The average Bonchev–Trinajstić information content (AvgIpc) is 3.55. The van der Waals surface area contributed by atoms with Gasteiger partial charge in [0.15, 0.2) is 0 Å². The third-order valence-electron chi connectivity index (χ3n) is 9.99. The van der Waals surface area contributed by atoms with Gasteiger partial charge in [0.1, 0.15) is 0 Å². The van der Waals surface area contributed by atoms with Crippen LogP contribution in [-0.2, 0) is 5.41 Å². The Balaban J connectivity index is 1.22. The highest BCUT2D eigenvalue weighted by molar-refractivity contribution is 7.26. The fourth-order valence-corrected chi connectivity index (χ4v) is 9.04. The SMILES string of the molecule is CC(C)(C)c1cccc2c1sc1c(N(c3ccc(-c4ccccc4)cc3)c3ccc(-c4cc5ccccc5c5ccccc45)cc3)cccc12. The van der Waals surface area contributed by atoms with Crippen LogP contribution in [0.15, 0.2) is 170 Å². The molecule has 240 valence electrons. The van der Waals surface area contributed by atoms with Crippen molar-refractivity contribution >= 4 is 70.1 Å². The fourth-order valence-electron chi connectivity index (χ4n) is 7.52. The molecule has 0 N–H and O–H groups in total. The number of fused-ring (bicyclic) bond motifs is 6. The summed E-state index contributed by atoms with van der Waals surface area (Å²) < 4.78 is 2.68. The Bertz CT molecular complexity index is 2660. The van der Waals surface area contributed by atoms with Crippen LogP contribution in [0.4, 0.5) is 17.1 Å². The van der Waals surface area contributed by atoms with Gasteiger partial charge in [0.2, 0.25) is 0 Å². The lowest BCUT2D eigenvalue weighted by atomic mass is 9.86. The van der Waals surface area contributed by atoms with Crippen molar-refractivity contribution in [1.82, 2.24) is 0 Å². The maximum Gasteiger partial charge on any atom is 0.0640 e. The maximum atomic E-state index is 2.44. The Kier molecular flexibility index (Phi) is 7.30. The molecule has 0 saturated heterocycles. The number of nitrogens with zero attached hydrogens (tertiary/aromatic N) is 1. The van der Waals surface area contributed by atoms with Crippen molar-refractivity contribution in [3.05, 3.63) is 175 Å². The van der Waals surface area contributed by atoms with Crippen molar-refractivity contribution in [3.63, 3.8) is 0 Å². The number of benzene rings is 8. The van der Waals surface area contributed by atoms with Crippen LogP contribution >= 0.6 is 11.3 Å². The smallest absolute Gasteiger partial charge is 0.0640 e. The van der Waals surface area contributed by atoms with E-state index in [2.05, 4.69) is 196 Å². The molecule has 0 aliphatic rings. The standard InChI is InChI=1S/C48H37NS/c1-48(2,3)44-21-11-19-41-42-20-12-22-45(47(42)50-46(41)44)49(36-27-23-33(24-28-36)32-13-5-4-6-14-32)37-29-25-34(26-30-37)43-31-35-15-7-8-16-38(35)39-17-9-10-18-40(39)43/h4-31H,1-3H3. The van der Waals surface area contributed by atoms with Crippen molar-refractivity contribution in [2.75, 3.05) is 4.90 Å². The second kappa shape index (κ2) is 12.0. The summed E-state index contributed by atoms with van der Waals surface area (Å²) in [5.74, 6) is 0. The molecule has 50 heavy (non-hydrogen) atoms. The first-order valence-corrected chi connectivity index (χ1v) is 18.2. The van der Waals surface area contributed by atoms with E-state index in [-0.39, 0.29) is 5.41 Å². The second-order valence-corrected chi connectivity index (χ2v) is 15.2. The van der Waals surface area contributed by atoms with Gasteiger partial charge in [-0.1, -0.05) is 154 Å². The third-order valence-corrected chi connectivity index (χ3v) is 11.3. The lowest BCUT2D eigenvalue weighted by molar-refractivity contribution is 0.597. The van der Waals surface area contributed by atoms with Gasteiger partial charge in [0.05, 0.1) is 10.4 Å². The number of anilines is 3. The Hall–Kier alpha value is -5.70. The summed E-state index contributed by atoms with van der Waals surface area (Å²) in [4.78, 5) is 2.44. The molecule has 9 aromatic rings. The van der Waals surface area contributed by atoms with E-state index in [4.69, 9.17) is 0 Å². The predicted molar refractivity (Wildman–Crippen MR) is 219 cm³/mol. The van der Waals surface area contributed by atoms with Gasteiger partial charge in [-0.25, -0.2) is 0 Å². The van der Waals surface area contributed by atoms with Crippen molar-refractivity contribution in [2.24, 2.45) is 0 Å². The first-order valence-electron chi connectivity index (χ1n) is 17.4. The Morgan fingerprint density at radius 1 is 0.420 bits per heavy atom. The number of hydrogen-bond acceptors (Lipinski definition) is 2. The van der Waals surface area contributed by atoms with Crippen LogP contribution in [0.2, 0.25) is 0 Å². The molecule has 0 aliphatic carbocycles. The highest BCUT2D eigenvalue weighted by Crippen LogP contribution is 2.47. The van der Waals surface area contributed by atoms with Crippen molar-refractivity contribution in [3.8, 4) is 22.3 Å². The predicted octanol–water partition coefficient (Wildman–Crippen LogP) is 14.5. The maximum absolute atomic E-state index is 2.44. The molecule has 1 heterocycles. The Labute approximate surface area is 297 Å². The van der Waals surface area contributed by atoms with E-state index in [1.54, 1.807) is 0 Å². The van der Waals surface area contributed by atoms with Gasteiger partial charge >= 0.3 is 0 Å². The molecule has 0 saturated carbocycles. The van der Waals surface area contributed by atoms with E-state index in [9.17, 15) is 0 Å². The van der Waals surface area contributed by atoms with Gasteiger partial charge in [0, 0.05) is 26.8 Å². The highest BCUT2D eigenvalue weighted by atomic mass is 32.1. The number of hydrogen-bond donors (Lipinski definition) is 0. The monoisotopic (exact) mass is 659 g/mol. The molecule has 2 heteroatoms. The van der Waals surface area contributed by atoms with Gasteiger partial charge in [0.25, 0.3) is 0 Å². The largest absolute Gasteiger partial charge is 0.309 e. The van der Waals surface area contributed by atoms with Gasteiger partial charge in [-0.05, 0) is 91.2 Å². The van der Waals surface area contributed by atoms with Gasteiger partial charge in [-0.15, -0.1) is 11.3 Å². The Morgan fingerprint density at radius 3 is 1.66 bits per heavy atom. The molecule has 0 atom stereocenters. The molecule has 0 spiro atoms. The molecule has 8 aromatic carbocycles. The summed E-state index contributed by atoms with van der Waals surface area (Å²) in [6.45, 7) is 6.94. The van der Waals surface area contributed by atoms with Crippen LogP contribution in [0.3, 0.4) is 0 Å². The summed E-state index contributed by atoms with van der Waals surface area (Å²) in [6, 6.07) is 62.2. The number of rotatable bonds is 5. The molecule has 1 nitrogen and oxygen atoms in total. The molecule has 9 rings (SSSR count). The minimum atomic E-state index is 0.0519. The van der Waals surface area contributed by atoms with Crippen molar-refractivity contribution in [1.29, 1.82) is 0 Å². The second-order valence-electron chi connectivity index (χ2n) is 14.2. The van der Waals surface area contributed by atoms with E-state index < -0.39 is 0 Å². The molecular formula is C48H37NS. The van der Waals surface area contributed by atoms with Crippen molar-refractivity contribution < 1.29 is 0 Å². The first-order chi connectivity index (χ1) is 24.4. The van der Waals surface area contributed by atoms with E-state index in [0.29, 0.717) is 0 Å².